The third kappa shape index (κ3) is 3.87. The second kappa shape index (κ2) is 10.7. The first-order chi connectivity index (χ1) is 26.3. The van der Waals surface area contributed by atoms with E-state index in [9.17, 15) is 0 Å². The van der Waals surface area contributed by atoms with E-state index in [4.69, 9.17) is 4.98 Å². The number of hydrogen-bond acceptors (Lipinski definition) is 1. The molecule has 0 bridgehead atoms. The zero-order valence-electron chi connectivity index (χ0n) is 28.6. The Bertz CT molecular complexity index is 3250. The maximum absolute atomic E-state index is 5.45. The van der Waals surface area contributed by atoms with E-state index in [-0.39, 0.29) is 0 Å². The SMILES string of the molecule is c1ccc2c(c1)-c1ccccc1-n1c(nc3ccccc31)-c1c-2cccc1-n1c2ccccc2c2cc(-n3c4ccccc4c4ccccc43)ccc21. The predicted molar refractivity (Wildman–Crippen MR) is 220 cm³/mol. The highest BCUT2D eigenvalue weighted by Crippen LogP contribution is 2.48. The van der Waals surface area contributed by atoms with E-state index in [1.165, 1.54) is 49.3 Å². The Morgan fingerprint density at radius 2 is 0.830 bits per heavy atom. The number of benzene rings is 8. The summed E-state index contributed by atoms with van der Waals surface area (Å²) in [5.74, 6) is 0.937. The van der Waals surface area contributed by atoms with Crippen molar-refractivity contribution in [3.63, 3.8) is 0 Å². The molecule has 0 radical (unpaired) electrons. The van der Waals surface area contributed by atoms with Gasteiger partial charge in [-0.15, -0.1) is 0 Å². The minimum Gasteiger partial charge on any atom is -0.309 e. The van der Waals surface area contributed by atoms with Gasteiger partial charge in [0, 0.05) is 38.4 Å². The fraction of sp³-hybridized carbons (Fsp3) is 0. The van der Waals surface area contributed by atoms with Crippen molar-refractivity contribution < 1.29 is 0 Å². The highest BCUT2D eigenvalue weighted by atomic mass is 15.1. The smallest absolute Gasteiger partial charge is 0.148 e. The summed E-state index contributed by atoms with van der Waals surface area (Å²) in [5.41, 5.74) is 16.0. The number of aromatic nitrogens is 4. The highest BCUT2D eigenvalue weighted by molar-refractivity contribution is 6.13. The molecule has 1 aliphatic rings. The van der Waals surface area contributed by atoms with Gasteiger partial charge in [-0.1, -0.05) is 121 Å². The van der Waals surface area contributed by atoms with Crippen molar-refractivity contribution >= 4 is 54.6 Å². The van der Waals surface area contributed by atoms with Gasteiger partial charge in [0.15, 0.2) is 0 Å². The molecule has 0 spiro atoms. The molecule has 0 unspecified atom stereocenters. The number of para-hydroxylation sites is 6. The molecule has 0 amide bonds. The lowest BCUT2D eigenvalue weighted by Gasteiger charge is -2.24. The van der Waals surface area contributed by atoms with Gasteiger partial charge in [-0.3, -0.25) is 4.57 Å². The van der Waals surface area contributed by atoms with Crippen molar-refractivity contribution in [2.45, 2.75) is 0 Å². The Balaban J connectivity index is 1.20. The van der Waals surface area contributed by atoms with Crippen molar-refractivity contribution in [2.24, 2.45) is 0 Å². The molecular weight excluding hydrogens is 645 g/mol. The highest BCUT2D eigenvalue weighted by Gasteiger charge is 2.28. The molecule has 0 aliphatic carbocycles. The topological polar surface area (TPSA) is 27.7 Å². The Morgan fingerprint density at radius 3 is 1.57 bits per heavy atom. The van der Waals surface area contributed by atoms with Gasteiger partial charge >= 0.3 is 0 Å². The van der Waals surface area contributed by atoms with Gasteiger partial charge in [-0.25, -0.2) is 4.98 Å². The monoisotopic (exact) mass is 674 g/mol. The summed E-state index contributed by atoms with van der Waals surface area (Å²) in [4.78, 5) is 5.45. The Hall–Kier alpha value is -7.17. The van der Waals surface area contributed by atoms with Crippen LogP contribution in [0.2, 0.25) is 0 Å². The summed E-state index contributed by atoms with van der Waals surface area (Å²) in [6.45, 7) is 0. The second-order valence-corrected chi connectivity index (χ2v) is 13.9. The molecule has 8 aromatic carbocycles. The van der Waals surface area contributed by atoms with Gasteiger partial charge in [-0.05, 0) is 77.4 Å². The molecule has 4 heterocycles. The number of imidazole rings is 1. The molecular formula is C49H30N4. The summed E-state index contributed by atoms with van der Waals surface area (Å²) in [6, 6.07) is 66.0. The quantitative estimate of drug-likeness (QED) is 0.179. The summed E-state index contributed by atoms with van der Waals surface area (Å²) in [7, 11) is 0. The average molecular weight is 675 g/mol. The minimum atomic E-state index is 0.937. The van der Waals surface area contributed by atoms with Gasteiger partial charge < -0.3 is 9.13 Å². The van der Waals surface area contributed by atoms with Crippen LogP contribution < -0.4 is 0 Å². The summed E-state index contributed by atoms with van der Waals surface area (Å²) < 4.78 is 7.24. The molecule has 11 aromatic rings. The molecule has 12 rings (SSSR count). The normalized spacial score (nSPS) is 12.2. The first-order valence-electron chi connectivity index (χ1n) is 18.2. The van der Waals surface area contributed by atoms with Gasteiger partial charge in [-0.2, -0.15) is 0 Å². The van der Waals surface area contributed by atoms with Crippen molar-refractivity contribution in [3.05, 3.63) is 182 Å². The fourth-order valence-electron chi connectivity index (χ4n) is 9.03. The zero-order chi connectivity index (χ0) is 34.6. The van der Waals surface area contributed by atoms with E-state index >= 15 is 0 Å². The van der Waals surface area contributed by atoms with E-state index in [2.05, 4.69) is 196 Å². The fourth-order valence-corrected chi connectivity index (χ4v) is 9.03. The lowest BCUT2D eigenvalue weighted by Crippen LogP contribution is -2.07. The molecule has 1 aliphatic heterocycles. The Labute approximate surface area is 305 Å². The summed E-state index contributed by atoms with van der Waals surface area (Å²) in [5, 5.41) is 4.95. The molecule has 0 fully saturated rings. The molecule has 0 saturated heterocycles. The van der Waals surface area contributed by atoms with E-state index in [1.807, 2.05) is 0 Å². The van der Waals surface area contributed by atoms with E-state index in [0.29, 0.717) is 0 Å². The largest absolute Gasteiger partial charge is 0.309 e. The maximum Gasteiger partial charge on any atom is 0.148 e. The van der Waals surface area contributed by atoms with Crippen molar-refractivity contribution in [1.82, 2.24) is 18.7 Å². The summed E-state index contributed by atoms with van der Waals surface area (Å²) in [6.07, 6.45) is 0. The van der Waals surface area contributed by atoms with Crippen LogP contribution in [-0.4, -0.2) is 18.7 Å². The lowest BCUT2D eigenvalue weighted by atomic mass is 9.88. The number of nitrogens with zero attached hydrogens (tertiary/aromatic N) is 4. The number of hydrogen-bond donors (Lipinski definition) is 0. The van der Waals surface area contributed by atoms with E-state index in [0.717, 1.165) is 56.1 Å². The molecule has 0 N–H and O–H groups in total. The van der Waals surface area contributed by atoms with Crippen LogP contribution in [0.4, 0.5) is 0 Å². The predicted octanol–water partition coefficient (Wildman–Crippen LogP) is 12.5. The first kappa shape index (κ1) is 28.5. The van der Waals surface area contributed by atoms with Crippen LogP contribution in [0.5, 0.6) is 0 Å². The molecule has 4 nitrogen and oxygen atoms in total. The standard InChI is InChI=1S/C49H30N4/c1-2-15-33-32(14-1)34-16-3-11-25-44(34)53-46-26-12-7-21-40(46)50-49(53)48-38(33)20-13-27-47(48)52-43-24-10-6-19-37(43)39-30-31(28-29-45(39)52)51-41-22-8-4-17-35(41)36-18-5-9-23-42(36)51/h1-30H. The number of fused-ring (bicyclic) bond motifs is 16. The van der Waals surface area contributed by atoms with Gasteiger partial charge in [0.05, 0.1) is 44.5 Å². The molecule has 0 atom stereocenters. The van der Waals surface area contributed by atoms with Crippen LogP contribution in [0, 0.1) is 0 Å². The van der Waals surface area contributed by atoms with Gasteiger partial charge in [0.1, 0.15) is 5.82 Å². The Kier molecular flexibility index (Phi) is 5.74. The van der Waals surface area contributed by atoms with Crippen LogP contribution in [-0.2, 0) is 0 Å². The van der Waals surface area contributed by atoms with Crippen molar-refractivity contribution in [2.75, 3.05) is 0 Å². The third-order valence-corrected chi connectivity index (χ3v) is 11.2. The zero-order valence-corrected chi connectivity index (χ0v) is 28.6. The second-order valence-electron chi connectivity index (χ2n) is 13.9. The lowest BCUT2D eigenvalue weighted by molar-refractivity contribution is 1.08. The molecule has 4 heteroatoms. The number of rotatable bonds is 2. The summed E-state index contributed by atoms with van der Waals surface area (Å²) >= 11 is 0. The van der Waals surface area contributed by atoms with Crippen LogP contribution in [0.3, 0.4) is 0 Å². The molecule has 53 heavy (non-hydrogen) atoms. The molecule has 0 saturated carbocycles. The average Bonchev–Trinajstić information content (AvgIpc) is 3.87. The van der Waals surface area contributed by atoms with Gasteiger partial charge in [0.2, 0.25) is 0 Å². The first-order valence-corrected chi connectivity index (χ1v) is 18.2. The third-order valence-electron chi connectivity index (χ3n) is 11.2. The maximum atomic E-state index is 5.45. The Morgan fingerprint density at radius 1 is 0.321 bits per heavy atom. The van der Waals surface area contributed by atoms with Crippen LogP contribution in [0.25, 0.3) is 105 Å². The van der Waals surface area contributed by atoms with Gasteiger partial charge in [0.25, 0.3) is 0 Å². The van der Waals surface area contributed by atoms with E-state index < -0.39 is 0 Å². The molecule has 246 valence electrons. The van der Waals surface area contributed by atoms with Crippen LogP contribution >= 0.6 is 0 Å². The van der Waals surface area contributed by atoms with Crippen molar-refractivity contribution in [1.29, 1.82) is 0 Å². The van der Waals surface area contributed by atoms with Crippen molar-refractivity contribution in [3.8, 4) is 50.7 Å². The molecule has 3 aromatic heterocycles. The van der Waals surface area contributed by atoms with Crippen LogP contribution in [0.15, 0.2) is 182 Å². The van der Waals surface area contributed by atoms with Crippen LogP contribution in [0.1, 0.15) is 0 Å². The minimum absolute atomic E-state index is 0.937. The van der Waals surface area contributed by atoms with E-state index in [1.54, 1.807) is 0 Å².